The summed E-state index contributed by atoms with van der Waals surface area (Å²) in [7, 11) is 0. The summed E-state index contributed by atoms with van der Waals surface area (Å²) in [4.78, 5) is 15.3. The number of hydrogen-bond acceptors (Lipinski definition) is 3. The van der Waals surface area contributed by atoms with Crippen LogP contribution in [0.3, 0.4) is 0 Å². The predicted octanol–water partition coefficient (Wildman–Crippen LogP) is 2.04. The van der Waals surface area contributed by atoms with Gasteiger partial charge >= 0.3 is 0 Å². The van der Waals surface area contributed by atoms with Gasteiger partial charge in [-0.2, -0.15) is 0 Å². The summed E-state index contributed by atoms with van der Waals surface area (Å²) in [5.74, 6) is 0.392. The van der Waals surface area contributed by atoms with Gasteiger partial charge in [0.1, 0.15) is 5.65 Å². The number of ether oxygens (including phenoxy) is 1. The van der Waals surface area contributed by atoms with E-state index in [1.807, 2.05) is 22.9 Å². The summed E-state index contributed by atoms with van der Waals surface area (Å²) >= 11 is 0. The van der Waals surface area contributed by atoms with Gasteiger partial charge in [-0.3, -0.25) is 4.79 Å². The minimum atomic E-state index is 0.392. The van der Waals surface area contributed by atoms with Gasteiger partial charge in [-0.05, 0) is 25.0 Å². The maximum Gasteiger partial charge on any atom is 0.151 e. The SMILES string of the molecule is O=Cc1ccc2nc(C3CCCOC3)cn2c1. The number of fused-ring (bicyclic) bond motifs is 1. The number of carbonyl (C=O) groups is 1. The third kappa shape index (κ3) is 1.96. The first kappa shape index (κ1) is 10.5. The lowest BCUT2D eigenvalue weighted by atomic mass is 9.99. The maximum absolute atomic E-state index is 10.7. The molecule has 0 bridgehead atoms. The molecule has 1 fully saturated rings. The molecule has 0 aromatic carbocycles. The minimum absolute atomic E-state index is 0.392. The van der Waals surface area contributed by atoms with Crippen LogP contribution in [0.2, 0.25) is 0 Å². The normalized spacial score (nSPS) is 20.6. The van der Waals surface area contributed by atoms with E-state index in [0.29, 0.717) is 11.5 Å². The smallest absolute Gasteiger partial charge is 0.151 e. The molecule has 3 rings (SSSR count). The second-order valence-electron chi connectivity index (χ2n) is 4.43. The number of aromatic nitrogens is 2. The molecule has 0 spiro atoms. The van der Waals surface area contributed by atoms with E-state index in [2.05, 4.69) is 4.98 Å². The van der Waals surface area contributed by atoms with Gasteiger partial charge in [-0.25, -0.2) is 4.98 Å². The molecule has 88 valence electrons. The van der Waals surface area contributed by atoms with Crippen LogP contribution >= 0.6 is 0 Å². The molecule has 2 aromatic heterocycles. The van der Waals surface area contributed by atoms with E-state index in [1.54, 1.807) is 6.07 Å². The lowest BCUT2D eigenvalue weighted by molar-refractivity contribution is 0.0794. The number of hydrogen-bond donors (Lipinski definition) is 0. The van der Waals surface area contributed by atoms with Crippen LogP contribution in [0.4, 0.5) is 0 Å². The lowest BCUT2D eigenvalue weighted by Crippen LogP contribution is -2.15. The fourth-order valence-electron chi connectivity index (χ4n) is 2.27. The molecule has 4 heteroatoms. The summed E-state index contributed by atoms with van der Waals surface area (Å²) in [5, 5.41) is 0. The molecule has 1 aliphatic heterocycles. The van der Waals surface area contributed by atoms with Gasteiger partial charge in [-0.15, -0.1) is 0 Å². The number of aldehydes is 1. The van der Waals surface area contributed by atoms with Crippen molar-refractivity contribution in [2.45, 2.75) is 18.8 Å². The first-order chi connectivity index (χ1) is 8.36. The number of rotatable bonds is 2. The van der Waals surface area contributed by atoms with Crippen molar-refractivity contribution in [3.05, 3.63) is 35.8 Å². The Balaban J connectivity index is 1.97. The predicted molar refractivity (Wildman–Crippen MR) is 63.4 cm³/mol. The van der Waals surface area contributed by atoms with E-state index in [-0.39, 0.29) is 0 Å². The monoisotopic (exact) mass is 230 g/mol. The zero-order chi connectivity index (χ0) is 11.7. The Morgan fingerprint density at radius 1 is 1.41 bits per heavy atom. The summed E-state index contributed by atoms with van der Waals surface area (Å²) in [5.41, 5.74) is 2.62. The average Bonchev–Trinajstić information content (AvgIpc) is 2.82. The van der Waals surface area contributed by atoms with Crippen LogP contribution in [0, 0.1) is 0 Å². The minimum Gasteiger partial charge on any atom is -0.381 e. The zero-order valence-corrected chi connectivity index (χ0v) is 9.50. The quantitative estimate of drug-likeness (QED) is 0.741. The summed E-state index contributed by atoms with van der Waals surface area (Å²) in [6, 6.07) is 3.66. The first-order valence-corrected chi connectivity index (χ1v) is 5.88. The molecule has 0 aliphatic carbocycles. The molecule has 4 nitrogen and oxygen atoms in total. The Morgan fingerprint density at radius 2 is 2.35 bits per heavy atom. The Bertz CT molecular complexity index is 541. The zero-order valence-electron chi connectivity index (χ0n) is 9.50. The van der Waals surface area contributed by atoms with Gasteiger partial charge < -0.3 is 9.14 Å². The number of carbonyl (C=O) groups excluding carboxylic acids is 1. The Labute approximate surface area is 99.2 Å². The molecular weight excluding hydrogens is 216 g/mol. The average molecular weight is 230 g/mol. The summed E-state index contributed by atoms with van der Waals surface area (Å²) in [6.07, 6.45) is 6.88. The molecule has 1 aliphatic rings. The topological polar surface area (TPSA) is 43.6 Å². The Morgan fingerprint density at radius 3 is 3.12 bits per heavy atom. The molecule has 0 saturated carbocycles. The third-order valence-corrected chi connectivity index (χ3v) is 3.21. The highest BCUT2D eigenvalue weighted by Gasteiger charge is 2.18. The van der Waals surface area contributed by atoms with Gasteiger partial charge in [-0.1, -0.05) is 0 Å². The molecule has 17 heavy (non-hydrogen) atoms. The third-order valence-electron chi connectivity index (χ3n) is 3.21. The van der Waals surface area contributed by atoms with Crippen LogP contribution in [0.25, 0.3) is 5.65 Å². The summed E-state index contributed by atoms with van der Waals surface area (Å²) in [6.45, 7) is 1.61. The van der Waals surface area contributed by atoms with E-state index in [9.17, 15) is 4.79 Å². The molecular formula is C13H14N2O2. The van der Waals surface area contributed by atoms with Crippen molar-refractivity contribution in [2.75, 3.05) is 13.2 Å². The summed E-state index contributed by atoms with van der Waals surface area (Å²) < 4.78 is 7.38. The molecule has 1 atom stereocenters. The van der Waals surface area contributed by atoms with E-state index in [4.69, 9.17) is 4.74 Å². The molecule has 3 heterocycles. The number of imidazole rings is 1. The maximum atomic E-state index is 10.7. The van der Waals surface area contributed by atoms with Crippen molar-refractivity contribution in [1.29, 1.82) is 0 Å². The van der Waals surface area contributed by atoms with Crippen molar-refractivity contribution >= 4 is 11.9 Å². The fraction of sp³-hybridized carbons (Fsp3) is 0.385. The highest BCUT2D eigenvalue weighted by Crippen LogP contribution is 2.24. The van der Waals surface area contributed by atoms with Crippen LogP contribution in [0.1, 0.15) is 34.8 Å². The Hall–Kier alpha value is -1.68. The second-order valence-corrected chi connectivity index (χ2v) is 4.43. The fourth-order valence-corrected chi connectivity index (χ4v) is 2.27. The Kier molecular flexibility index (Phi) is 2.65. The molecule has 0 N–H and O–H groups in total. The van der Waals surface area contributed by atoms with Crippen molar-refractivity contribution in [1.82, 2.24) is 9.38 Å². The molecule has 1 unspecified atom stereocenters. The first-order valence-electron chi connectivity index (χ1n) is 5.88. The number of pyridine rings is 1. The van der Waals surface area contributed by atoms with Gasteiger partial charge in [0.05, 0.1) is 12.3 Å². The largest absolute Gasteiger partial charge is 0.381 e. The van der Waals surface area contributed by atoms with Gasteiger partial charge in [0.25, 0.3) is 0 Å². The van der Waals surface area contributed by atoms with Crippen LogP contribution in [0.5, 0.6) is 0 Å². The second kappa shape index (κ2) is 4.30. The van der Waals surface area contributed by atoms with E-state index < -0.39 is 0 Å². The van der Waals surface area contributed by atoms with E-state index >= 15 is 0 Å². The van der Waals surface area contributed by atoms with Crippen molar-refractivity contribution in [3.63, 3.8) is 0 Å². The van der Waals surface area contributed by atoms with Gasteiger partial charge in [0.2, 0.25) is 0 Å². The van der Waals surface area contributed by atoms with Gasteiger partial charge in [0.15, 0.2) is 6.29 Å². The highest BCUT2D eigenvalue weighted by molar-refractivity contribution is 5.74. The molecule has 1 saturated heterocycles. The van der Waals surface area contributed by atoms with E-state index in [1.165, 1.54) is 0 Å². The van der Waals surface area contributed by atoms with Crippen LogP contribution in [-0.2, 0) is 4.74 Å². The van der Waals surface area contributed by atoms with Crippen molar-refractivity contribution in [2.24, 2.45) is 0 Å². The van der Waals surface area contributed by atoms with Crippen LogP contribution < -0.4 is 0 Å². The molecule has 0 radical (unpaired) electrons. The molecule has 2 aromatic rings. The van der Waals surface area contributed by atoms with Crippen molar-refractivity contribution in [3.8, 4) is 0 Å². The molecule has 0 amide bonds. The highest BCUT2D eigenvalue weighted by atomic mass is 16.5. The standard InChI is InChI=1S/C13H14N2O2/c16-8-10-3-4-13-14-12(7-15(13)6-10)11-2-1-5-17-9-11/h3-4,6-8,11H,1-2,5,9H2. The van der Waals surface area contributed by atoms with Gasteiger partial charge in [0, 0.05) is 30.5 Å². The van der Waals surface area contributed by atoms with Crippen LogP contribution in [-0.4, -0.2) is 28.9 Å². The van der Waals surface area contributed by atoms with Crippen molar-refractivity contribution < 1.29 is 9.53 Å². The van der Waals surface area contributed by atoms with E-state index in [0.717, 1.165) is 43.7 Å². The number of nitrogens with zero attached hydrogens (tertiary/aromatic N) is 2. The lowest BCUT2D eigenvalue weighted by Gasteiger charge is -2.19. The van der Waals surface area contributed by atoms with Crippen LogP contribution in [0.15, 0.2) is 24.5 Å².